The van der Waals surface area contributed by atoms with Crippen molar-refractivity contribution in [2.75, 3.05) is 11.4 Å². The number of cyclic esters (lactones) is 1. The van der Waals surface area contributed by atoms with Gasteiger partial charge in [-0.15, -0.1) is 4.80 Å². The molecule has 0 bridgehead atoms. The molecule has 148 valence electrons. The van der Waals surface area contributed by atoms with Crippen LogP contribution in [0.1, 0.15) is 12.8 Å². The summed E-state index contributed by atoms with van der Waals surface area (Å²) in [7, 11) is 0. The first-order chi connectivity index (χ1) is 14.0. The normalized spacial score (nSPS) is 16.1. The number of carbonyl (C=O) groups is 2. The molecule has 2 N–H and O–H groups in total. The van der Waals surface area contributed by atoms with E-state index in [4.69, 9.17) is 10.5 Å². The van der Waals surface area contributed by atoms with E-state index in [0.717, 1.165) is 0 Å². The number of hydrogen-bond acceptors (Lipinski definition) is 6. The van der Waals surface area contributed by atoms with Gasteiger partial charge in [-0.1, -0.05) is 0 Å². The Morgan fingerprint density at radius 2 is 2.03 bits per heavy atom. The zero-order valence-electron chi connectivity index (χ0n) is 15.2. The molecule has 1 aromatic carbocycles. The maximum atomic E-state index is 14.7. The molecular formula is C19H17FN6O3. The molecule has 1 aliphatic rings. The number of halogens is 1. The van der Waals surface area contributed by atoms with Crippen LogP contribution in [0.25, 0.3) is 16.9 Å². The summed E-state index contributed by atoms with van der Waals surface area (Å²) in [6, 6.07) is 7.89. The number of amides is 2. The van der Waals surface area contributed by atoms with Gasteiger partial charge < -0.3 is 10.5 Å². The number of hydrogen-bond donors (Lipinski definition) is 1. The van der Waals surface area contributed by atoms with E-state index < -0.39 is 23.9 Å². The van der Waals surface area contributed by atoms with Crippen LogP contribution in [0, 0.1) is 5.82 Å². The minimum Gasteiger partial charge on any atom is -0.444 e. The van der Waals surface area contributed by atoms with Crippen molar-refractivity contribution in [3.63, 3.8) is 0 Å². The average Bonchev–Trinajstić information content (AvgIpc) is 3.36. The van der Waals surface area contributed by atoms with Gasteiger partial charge in [-0.05, 0) is 36.8 Å². The summed E-state index contributed by atoms with van der Waals surface area (Å²) in [6.45, 7) is 0.234. The molecule has 2 aromatic heterocycles. The molecule has 9 nitrogen and oxygen atoms in total. The molecule has 0 saturated carbocycles. The first-order valence-electron chi connectivity index (χ1n) is 8.90. The molecule has 1 fully saturated rings. The number of rotatable bonds is 6. The number of nitrogens with zero attached hydrogens (tertiary/aromatic N) is 5. The third-order valence-electron chi connectivity index (χ3n) is 4.53. The molecule has 2 amide bonds. The lowest BCUT2D eigenvalue weighted by Crippen LogP contribution is -2.25. The Balaban J connectivity index is 1.51. The minimum atomic E-state index is -0.579. The Kier molecular flexibility index (Phi) is 4.90. The lowest BCUT2D eigenvalue weighted by atomic mass is 10.1. The van der Waals surface area contributed by atoms with Crippen molar-refractivity contribution < 1.29 is 18.7 Å². The molecule has 0 spiro atoms. The summed E-state index contributed by atoms with van der Waals surface area (Å²) in [6.07, 6.45) is 4.03. The topological polar surface area (TPSA) is 116 Å². The van der Waals surface area contributed by atoms with Crippen LogP contribution in [-0.2, 0) is 9.53 Å². The van der Waals surface area contributed by atoms with Crippen LogP contribution < -0.4 is 10.6 Å². The largest absolute Gasteiger partial charge is 0.444 e. The summed E-state index contributed by atoms with van der Waals surface area (Å²) in [5.41, 5.74) is 6.43. The molecule has 3 heterocycles. The Hall–Kier alpha value is -3.82. The van der Waals surface area contributed by atoms with E-state index in [1.54, 1.807) is 24.3 Å². The van der Waals surface area contributed by atoms with Crippen molar-refractivity contribution in [2.24, 2.45) is 5.73 Å². The fourth-order valence-corrected chi connectivity index (χ4v) is 3.09. The smallest absolute Gasteiger partial charge is 0.414 e. The molecule has 0 aliphatic carbocycles. The quantitative estimate of drug-likeness (QED) is 0.682. The molecule has 0 radical (unpaired) electrons. The van der Waals surface area contributed by atoms with Gasteiger partial charge in [0.15, 0.2) is 5.82 Å². The Morgan fingerprint density at radius 1 is 1.24 bits per heavy atom. The van der Waals surface area contributed by atoms with Crippen molar-refractivity contribution >= 4 is 17.7 Å². The third-order valence-corrected chi connectivity index (χ3v) is 4.53. The van der Waals surface area contributed by atoms with Gasteiger partial charge in [0.1, 0.15) is 11.9 Å². The van der Waals surface area contributed by atoms with E-state index in [9.17, 15) is 14.0 Å². The predicted octanol–water partition coefficient (Wildman–Crippen LogP) is 2.06. The van der Waals surface area contributed by atoms with Gasteiger partial charge >= 0.3 is 6.09 Å². The summed E-state index contributed by atoms with van der Waals surface area (Å²) < 4.78 is 20.0. The number of anilines is 1. The lowest BCUT2D eigenvalue weighted by molar-refractivity contribution is -0.118. The third kappa shape index (κ3) is 3.91. The fourth-order valence-electron chi connectivity index (χ4n) is 3.09. The second-order valence-electron chi connectivity index (χ2n) is 6.51. The minimum absolute atomic E-state index is 0.121. The van der Waals surface area contributed by atoms with Gasteiger partial charge in [0.25, 0.3) is 0 Å². The number of benzene rings is 1. The molecule has 1 saturated heterocycles. The van der Waals surface area contributed by atoms with E-state index in [1.165, 1.54) is 34.4 Å². The van der Waals surface area contributed by atoms with Gasteiger partial charge in [0.2, 0.25) is 5.91 Å². The van der Waals surface area contributed by atoms with Crippen molar-refractivity contribution in [3.05, 3.63) is 54.7 Å². The number of aromatic nitrogens is 4. The zero-order valence-corrected chi connectivity index (χ0v) is 15.2. The van der Waals surface area contributed by atoms with Gasteiger partial charge in [0, 0.05) is 23.7 Å². The van der Waals surface area contributed by atoms with Gasteiger partial charge in [-0.3, -0.25) is 9.69 Å². The molecule has 10 heteroatoms. The summed E-state index contributed by atoms with van der Waals surface area (Å²) in [4.78, 5) is 29.9. The molecule has 1 aliphatic heterocycles. The maximum absolute atomic E-state index is 14.7. The van der Waals surface area contributed by atoms with E-state index in [-0.39, 0.29) is 13.0 Å². The van der Waals surface area contributed by atoms with E-state index in [2.05, 4.69) is 15.2 Å². The van der Waals surface area contributed by atoms with Gasteiger partial charge in [0.05, 0.1) is 24.6 Å². The van der Waals surface area contributed by atoms with E-state index >= 15 is 0 Å². The molecule has 4 rings (SSSR count). The van der Waals surface area contributed by atoms with Gasteiger partial charge in [-0.25, -0.2) is 14.2 Å². The highest BCUT2D eigenvalue weighted by Gasteiger charge is 2.32. The standard InChI is InChI=1S/C19H17FN6O3/c20-16-9-13(25-11-14(29-19(25)28)3-5-17(21)27)2-4-15(16)12-1-6-18(22-10-12)26-23-7-8-24-26/h1-2,4,6-10,14H,3,5,11H2,(H2,21,27). The van der Waals surface area contributed by atoms with E-state index in [0.29, 0.717) is 29.1 Å². The first-order valence-corrected chi connectivity index (χ1v) is 8.90. The summed E-state index contributed by atoms with van der Waals surface area (Å²) in [5, 5.41) is 7.98. The number of carbonyl (C=O) groups excluding carboxylic acids is 2. The van der Waals surface area contributed by atoms with Crippen molar-refractivity contribution in [1.29, 1.82) is 0 Å². The molecular weight excluding hydrogens is 379 g/mol. The Morgan fingerprint density at radius 3 is 2.69 bits per heavy atom. The second-order valence-corrected chi connectivity index (χ2v) is 6.51. The SMILES string of the molecule is NC(=O)CCC1CN(c2ccc(-c3ccc(-n4nccn4)nc3)c(F)c2)C(=O)O1. The van der Waals surface area contributed by atoms with Crippen LogP contribution >= 0.6 is 0 Å². The summed E-state index contributed by atoms with van der Waals surface area (Å²) >= 11 is 0. The first kappa shape index (κ1) is 18.5. The van der Waals surface area contributed by atoms with E-state index in [1.807, 2.05) is 0 Å². The van der Waals surface area contributed by atoms with Crippen LogP contribution in [0.5, 0.6) is 0 Å². The highest BCUT2D eigenvalue weighted by molar-refractivity contribution is 5.90. The number of primary amides is 1. The van der Waals surface area contributed by atoms with Crippen molar-refractivity contribution in [3.8, 4) is 16.9 Å². The number of ether oxygens (including phenoxy) is 1. The number of pyridine rings is 1. The highest BCUT2D eigenvalue weighted by atomic mass is 19.1. The Bertz CT molecular complexity index is 1040. The fraction of sp³-hybridized carbons (Fsp3) is 0.211. The molecule has 1 unspecified atom stereocenters. The van der Waals surface area contributed by atoms with Crippen LogP contribution in [0.3, 0.4) is 0 Å². The molecule has 3 aromatic rings. The van der Waals surface area contributed by atoms with Crippen LogP contribution in [0.2, 0.25) is 0 Å². The lowest BCUT2D eigenvalue weighted by Gasteiger charge is -2.14. The van der Waals surface area contributed by atoms with Crippen molar-refractivity contribution in [1.82, 2.24) is 20.0 Å². The highest BCUT2D eigenvalue weighted by Crippen LogP contribution is 2.29. The molecule has 29 heavy (non-hydrogen) atoms. The second kappa shape index (κ2) is 7.66. The Labute approximate surface area is 164 Å². The predicted molar refractivity (Wildman–Crippen MR) is 101 cm³/mol. The van der Waals surface area contributed by atoms with Crippen molar-refractivity contribution in [2.45, 2.75) is 18.9 Å². The maximum Gasteiger partial charge on any atom is 0.414 e. The average molecular weight is 396 g/mol. The summed E-state index contributed by atoms with van der Waals surface area (Å²) in [5.74, 6) is -0.446. The number of nitrogens with two attached hydrogens (primary N) is 1. The zero-order chi connectivity index (χ0) is 20.4. The monoisotopic (exact) mass is 396 g/mol. The van der Waals surface area contributed by atoms with Crippen LogP contribution in [0.15, 0.2) is 48.9 Å². The van der Waals surface area contributed by atoms with Gasteiger partial charge in [-0.2, -0.15) is 10.2 Å². The van der Waals surface area contributed by atoms with Crippen LogP contribution in [-0.4, -0.2) is 44.6 Å². The van der Waals surface area contributed by atoms with Crippen LogP contribution in [0.4, 0.5) is 14.9 Å². The molecule has 1 atom stereocenters.